The molecule has 2 rings (SSSR count). The van der Waals surface area contributed by atoms with E-state index < -0.39 is 6.10 Å². The Bertz CT molecular complexity index is 473. The summed E-state index contributed by atoms with van der Waals surface area (Å²) in [5, 5.41) is 0.617. The third kappa shape index (κ3) is 4.35. The second-order valence-corrected chi connectivity index (χ2v) is 5.67. The number of halogens is 1. The van der Waals surface area contributed by atoms with Gasteiger partial charge in [-0.3, -0.25) is 4.79 Å². The van der Waals surface area contributed by atoms with Crippen molar-refractivity contribution in [3.63, 3.8) is 0 Å². The Hall–Kier alpha value is -1.26. The van der Waals surface area contributed by atoms with Crippen molar-refractivity contribution < 1.29 is 9.53 Å². The molecular formula is C16H23ClN2O2. The topological polar surface area (TPSA) is 32.8 Å². The molecule has 1 amide bonds. The van der Waals surface area contributed by atoms with Crippen LogP contribution < -0.4 is 4.74 Å². The summed E-state index contributed by atoms with van der Waals surface area (Å²) >= 11 is 5.95. The van der Waals surface area contributed by atoms with Crippen molar-refractivity contribution in [2.24, 2.45) is 0 Å². The molecule has 1 fully saturated rings. The van der Waals surface area contributed by atoms with Crippen LogP contribution in [0.15, 0.2) is 24.3 Å². The number of carbonyl (C=O) groups is 1. The third-order valence-corrected chi connectivity index (χ3v) is 4.09. The third-order valence-electron chi connectivity index (χ3n) is 3.85. The van der Waals surface area contributed by atoms with E-state index in [0.717, 1.165) is 32.7 Å². The van der Waals surface area contributed by atoms with Gasteiger partial charge >= 0.3 is 0 Å². The SMILES string of the molecule is CC[C@H](Oc1cccc(Cl)c1)C(=O)N1CCN(CC)CC1. The molecule has 116 valence electrons. The molecule has 0 spiro atoms. The van der Waals surface area contributed by atoms with Crippen LogP contribution in [0.5, 0.6) is 5.75 Å². The largest absolute Gasteiger partial charge is 0.481 e. The molecule has 1 aliphatic rings. The van der Waals surface area contributed by atoms with Crippen LogP contribution in [0.25, 0.3) is 0 Å². The van der Waals surface area contributed by atoms with Gasteiger partial charge in [0.25, 0.3) is 5.91 Å². The molecule has 0 saturated carbocycles. The van der Waals surface area contributed by atoms with Gasteiger partial charge in [-0.1, -0.05) is 31.5 Å². The van der Waals surface area contributed by atoms with Crippen molar-refractivity contribution >= 4 is 17.5 Å². The molecule has 0 aromatic heterocycles. The van der Waals surface area contributed by atoms with Crippen LogP contribution in [-0.4, -0.2) is 54.5 Å². The Morgan fingerprint density at radius 2 is 2.00 bits per heavy atom. The first-order valence-corrected chi connectivity index (χ1v) is 7.95. The van der Waals surface area contributed by atoms with E-state index in [1.807, 2.05) is 24.0 Å². The van der Waals surface area contributed by atoms with Gasteiger partial charge < -0.3 is 14.5 Å². The predicted molar refractivity (Wildman–Crippen MR) is 84.9 cm³/mol. The number of piperazine rings is 1. The lowest BCUT2D eigenvalue weighted by Crippen LogP contribution is -2.52. The van der Waals surface area contributed by atoms with Crippen molar-refractivity contribution in [3.05, 3.63) is 29.3 Å². The zero-order valence-corrected chi connectivity index (χ0v) is 13.5. The minimum Gasteiger partial charge on any atom is -0.481 e. The number of hydrogen-bond acceptors (Lipinski definition) is 3. The van der Waals surface area contributed by atoms with E-state index in [4.69, 9.17) is 16.3 Å². The van der Waals surface area contributed by atoms with E-state index in [1.165, 1.54) is 0 Å². The first kappa shape index (κ1) is 16.1. The number of amides is 1. The maximum Gasteiger partial charge on any atom is 0.263 e. The van der Waals surface area contributed by atoms with E-state index in [2.05, 4.69) is 11.8 Å². The van der Waals surface area contributed by atoms with Crippen LogP contribution in [0.2, 0.25) is 5.02 Å². The van der Waals surface area contributed by atoms with Crippen molar-refractivity contribution in [1.29, 1.82) is 0 Å². The van der Waals surface area contributed by atoms with E-state index in [1.54, 1.807) is 12.1 Å². The minimum atomic E-state index is -0.434. The van der Waals surface area contributed by atoms with Crippen molar-refractivity contribution in [2.45, 2.75) is 26.4 Å². The van der Waals surface area contributed by atoms with Gasteiger partial charge in [0.15, 0.2) is 6.10 Å². The van der Waals surface area contributed by atoms with E-state index in [9.17, 15) is 4.79 Å². The molecule has 1 aromatic carbocycles. The molecule has 1 saturated heterocycles. The smallest absolute Gasteiger partial charge is 0.263 e. The number of hydrogen-bond donors (Lipinski definition) is 0. The van der Waals surface area contributed by atoms with Gasteiger partial charge in [0, 0.05) is 31.2 Å². The summed E-state index contributed by atoms with van der Waals surface area (Å²) in [5.41, 5.74) is 0. The minimum absolute atomic E-state index is 0.0771. The highest BCUT2D eigenvalue weighted by atomic mass is 35.5. The van der Waals surface area contributed by atoms with Crippen LogP contribution >= 0.6 is 11.6 Å². The van der Waals surface area contributed by atoms with E-state index in [0.29, 0.717) is 17.2 Å². The number of carbonyl (C=O) groups excluding carboxylic acids is 1. The maximum absolute atomic E-state index is 12.6. The maximum atomic E-state index is 12.6. The fourth-order valence-electron chi connectivity index (χ4n) is 2.50. The lowest BCUT2D eigenvalue weighted by atomic mass is 10.2. The Balaban J connectivity index is 1.96. The second-order valence-electron chi connectivity index (χ2n) is 5.23. The summed E-state index contributed by atoms with van der Waals surface area (Å²) in [7, 11) is 0. The lowest BCUT2D eigenvalue weighted by molar-refractivity contribution is -0.140. The van der Waals surface area contributed by atoms with Crippen LogP contribution in [0.1, 0.15) is 20.3 Å². The molecule has 4 nitrogen and oxygen atoms in total. The number of rotatable bonds is 5. The molecule has 1 aliphatic heterocycles. The van der Waals surface area contributed by atoms with Gasteiger partial charge in [-0.25, -0.2) is 0 Å². The lowest BCUT2D eigenvalue weighted by Gasteiger charge is -2.35. The quantitative estimate of drug-likeness (QED) is 0.838. The second kappa shape index (κ2) is 7.66. The van der Waals surface area contributed by atoms with Gasteiger partial charge in [0.05, 0.1) is 0 Å². The van der Waals surface area contributed by atoms with Crippen LogP contribution in [0.4, 0.5) is 0 Å². The Kier molecular flexibility index (Phi) is 5.88. The first-order valence-electron chi connectivity index (χ1n) is 7.57. The standard InChI is InChI=1S/C16H23ClN2O2/c1-3-15(21-14-7-5-6-13(17)12-14)16(20)19-10-8-18(4-2)9-11-19/h5-7,12,15H,3-4,8-11H2,1-2H3/t15-/m0/s1. The van der Waals surface area contributed by atoms with Gasteiger partial charge in [0.2, 0.25) is 0 Å². The molecule has 0 bridgehead atoms. The average Bonchev–Trinajstić information content (AvgIpc) is 2.52. The highest BCUT2D eigenvalue weighted by molar-refractivity contribution is 6.30. The van der Waals surface area contributed by atoms with Crippen molar-refractivity contribution in [2.75, 3.05) is 32.7 Å². The number of ether oxygens (including phenoxy) is 1. The molecule has 0 unspecified atom stereocenters. The Morgan fingerprint density at radius 1 is 1.29 bits per heavy atom. The van der Waals surface area contributed by atoms with Gasteiger partial charge in [0.1, 0.15) is 5.75 Å². The van der Waals surface area contributed by atoms with Crippen LogP contribution in [0, 0.1) is 0 Å². The highest BCUT2D eigenvalue weighted by Gasteiger charge is 2.27. The fourth-order valence-corrected chi connectivity index (χ4v) is 2.68. The number of likely N-dealkylation sites (N-methyl/N-ethyl adjacent to an activating group) is 1. The number of benzene rings is 1. The molecule has 5 heteroatoms. The molecular weight excluding hydrogens is 288 g/mol. The summed E-state index contributed by atoms with van der Waals surface area (Å²) in [6, 6.07) is 7.19. The first-order chi connectivity index (χ1) is 10.1. The predicted octanol–water partition coefficient (Wildman–Crippen LogP) is 2.66. The highest BCUT2D eigenvalue weighted by Crippen LogP contribution is 2.20. The fraction of sp³-hybridized carbons (Fsp3) is 0.562. The van der Waals surface area contributed by atoms with Crippen LogP contribution in [0.3, 0.4) is 0 Å². The van der Waals surface area contributed by atoms with E-state index in [-0.39, 0.29) is 5.91 Å². The van der Waals surface area contributed by atoms with Gasteiger partial charge in [-0.05, 0) is 31.2 Å². The number of nitrogens with zero attached hydrogens (tertiary/aromatic N) is 2. The Labute approximate surface area is 131 Å². The molecule has 1 atom stereocenters. The Morgan fingerprint density at radius 3 is 2.57 bits per heavy atom. The van der Waals surface area contributed by atoms with E-state index >= 15 is 0 Å². The summed E-state index contributed by atoms with van der Waals surface area (Å²) in [4.78, 5) is 16.8. The zero-order chi connectivity index (χ0) is 15.2. The molecule has 0 radical (unpaired) electrons. The van der Waals surface area contributed by atoms with Crippen molar-refractivity contribution in [3.8, 4) is 5.75 Å². The summed E-state index contributed by atoms with van der Waals surface area (Å²) in [5.74, 6) is 0.725. The zero-order valence-electron chi connectivity index (χ0n) is 12.7. The molecule has 0 aliphatic carbocycles. The molecule has 1 heterocycles. The van der Waals surface area contributed by atoms with Crippen LogP contribution in [-0.2, 0) is 4.79 Å². The average molecular weight is 311 g/mol. The molecule has 1 aromatic rings. The summed E-state index contributed by atoms with van der Waals surface area (Å²) in [6.07, 6.45) is 0.218. The summed E-state index contributed by atoms with van der Waals surface area (Å²) < 4.78 is 5.82. The summed E-state index contributed by atoms with van der Waals surface area (Å²) in [6.45, 7) is 8.60. The molecule has 21 heavy (non-hydrogen) atoms. The molecule has 0 N–H and O–H groups in total. The van der Waals surface area contributed by atoms with Gasteiger partial charge in [-0.15, -0.1) is 0 Å². The normalized spacial score (nSPS) is 17.6. The van der Waals surface area contributed by atoms with Crippen molar-refractivity contribution in [1.82, 2.24) is 9.80 Å². The monoisotopic (exact) mass is 310 g/mol. The van der Waals surface area contributed by atoms with Gasteiger partial charge in [-0.2, -0.15) is 0 Å².